The summed E-state index contributed by atoms with van der Waals surface area (Å²) in [7, 11) is 0. The molecule has 1 unspecified atom stereocenters. The molecule has 0 aromatic heterocycles. The van der Waals surface area contributed by atoms with E-state index < -0.39 is 0 Å². The van der Waals surface area contributed by atoms with E-state index in [-0.39, 0.29) is 12.5 Å². The van der Waals surface area contributed by atoms with Crippen LogP contribution in [-0.2, 0) is 4.79 Å². The average Bonchev–Trinajstić information content (AvgIpc) is 3.18. The van der Waals surface area contributed by atoms with Gasteiger partial charge in [-0.15, -0.1) is 0 Å². The maximum Gasteiger partial charge on any atom is 0.236 e. The fourth-order valence-electron chi connectivity index (χ4n) is 8.09. The summed E-state index contributed by atoms with van der Waals surface area (Å²) in [5, 5.41) is 7.18. The Labute approximate surface area is 340 Å². The van der Waals surface area contributed by atoms with Crippen molar-refractivity contribution >= 4 is 5.91 Å². The van der Waals surface area contributed by atoms with Gasteiger partial charge in [-0.2, -0.15) is 0 Å². The van der Waals surface area contributed by atoms with Crippen molar-refractivity contribution in [1.29, 1.82) is 0 Å². The number of amides is 1. The molecule has 0 bridgehead atoms. The van der Waals surface area contributed by atoms with Gasteiger partial charge in [0, 0.05) is 12.6 Å². The molecule has 324 valence electrons. The Morgan fingerprint density at radius 2 is 0.741 bits per heavy atom. The van der Waals surface area contributed by atoms with E-state index in [0.29, 0.717) is 6.04 Å². The molecule has 0 heterocycles. The molecule has 0 radical (unpaired) electrons. The third-order valence-electron chi connectivity index (χ3n) is 11.7. The minimum Gasteiger partial charge on any atom is -0.339 e. The second kappa shape index (κ2) is 46.7. The van der Waals surface area contributed by atoms with Gasteiger partial charge in [0.25, 0.3) is 0 Å². The normalized spacial score (nSPS) is 12.1. The van der Waals surface area contributed by atoms with Crippen molar-refractivity contribution in [3.63, 3.8) is 0 Å². The maximum atomic E-state index is 13.2. The highest BCUT2D eigenvalue weighted by atomic mass is 16.2. The second-order valence-electron chi connectivity index (χ2n) is 17.0. The van der Waals surface area contributed by atoms with Gasteiger partial charge in [0.1, 0.15) is 0 Å². The van der Waals surface area contributed by atoms with Crippen molar-refractivity contribution in [3.05, 3.63) is 0 Å². The first-order valence-corrected chi connectivity index (χ1v) is 24.8. The number of hydrogen-bond donors (Lipinski definition) is 4. The second-order valence-corrected chi connectivity index (χ2v) is 17.0. The fraction of sp³-hybridized carbons (Fsp3) is 0.979. The Morgan fingerprint density at radius 1 is 0.407 bits per heavy atom. The first-order valence-electron chi connectivity index (χ1n) is 24.8. The summed E-state index contributed by atoms with van der Waals surface area (Å²) in [5.41, 5.74) is 11.6. The highest BCUT2D eigenvalue weighted by Gasteiger charge is 2.22. The summed E-state index contributed by atoms with van der Waals surface area (Å²) in [6, 6.07) is 0.314. The molecule has 0 aliphatic carbocycles. The van der Waals surface area contributed by atoms with Crippen LogP contribution in [0.1, 0.15) is 251 Å². The molecule has 0 saturated heterocycles. The molecule has 0 aromatic carbocycles. The first-order chi connectivity index (χ1) is 26.7. The van der Waals surface area contributed by atoms with E-state index in [0.717, 1.165) is 65.0 Å². The van der Waals surface area contributed by atoms with E-state index in [2.05, 4.69) is 29.4 Å². The lowest BCUT2D eigenvalue weighted by Gasteiger charge is -2.32. The SMILES string of the molecule is CCCCCCCCCCCCCCCCCCC(CCNCCCCNCCCN)N(CCCCCCCCCCCCCCCCCC)C(=O)CN. The topological polar surface area (TPSA) is 96.4 Å². The van der Waals surface area contributed by atoms with E-state index in [1.165, 1.54) is 212 Å². The average molecular weight is 764 g/mol. The molecule has 0 aliphatic rings. The third kappa shape index (κ3) is 39.5. The molecule has 6 nitrogen and oxygen atoms in total. The van der Waals surface area contributed by atoms with Gasteiger partial charge in [0.2, 0.25) is 5.91 Å². The van der Waals surface area contributed by atoms with E-state index in [1.54, 1.807) is 0 Å². The summed E-state index contributed by atoms with van der Waals surface area (Å²) in [4.78, 5) is 15.4. The molecule has 0 spiro atoms. The number of nitrogens with zero attached hydrogens (tertiary/aromatic N) is 1. The summed E-state index contributed by atoms with van der Waals surface area (Å²) in [6.07, 6.45) is 49.9. The molecule has 0 rings (SSSR count). The quantitative estimate of drug-likeness (QED) is 0.0463. The van der Waals surface area contributed by atoms with Crippen LogP contribution < -0.4 is 22.1 Å². The van der Waals surface area contributed by atoms with Gasteiger partial charge in [-0.3, -0.25) is 4.79 Å². The van der Waals surface area contributed by atoms with Gasteiger partial charge >= 0.3 is 0 Å². The molecule has 6 N–H and O–H groups in total. The van der Waals surface area contributed by atoms with Gasteiger partial charge in [-0.25, -0.2) is 0 Å². The minimum atomic E-state index is 0.138. The van der Waals surface area contributed by atoms with Crippen LogP contribution >= 0.6 is 0 Å². The maximum absolute atomic E-state index is 13.2. The summed E-state index contributed by atoms with van der Waals surface area (Å²) in [5.74, 6) is 0.154. The van der Waals surface area contributed by atoms with Crippen molar-refractivity contribution < 1.29 is 4.79 Å². The van der Waals surface area contributed by atoms with Crippen LogP contribution in [0.2, 0.25) is 0 Å². The third-order valence-corrected chi connectivity index (χ3v) is 11.7. The highest BCUT2D eigenvalue weighted by molar-refractivity contribution is 5.78. The van der Waals surface area contributed by atoms with E-state index >= 15 is 0 Å². The van der Waals surface area contributed by atoms with Crippen molar-refractivity contribution in [2.24, 2.45) is 11.5 Å². The Hall–Kier alpha value is -0.690. The van der Waals surface area contributed by atoms with Crippen LogP contribution in [0.5, 0.6) is 0 Å². The monoisotopic (exact) mass is 764 g/mol. The van der Waals surface area contributed by atoms with Crippen molar-refractivity contribution in [1.82, 2.24) is 15.5 Å². The summed E-state index contributed by atoms with van der Waals surface area (Å²) < 4.78 is 0. The van der Waals surface area contributed by atoms with Crippen molar-refractivity contribution in [2.75, 3.05) is 45.8 Å². The fourth-order valence-corrected chi connectivity index (χ4v) is 8.09. The van der Waals surface area contributed by atoms with Gasteiger partial charge in [-0.05, 0) is 71.2 Å². The predicted molar refractivity (Wildman–Crippen MR) is 242 cm³/mol. The Bertz CT molecular complexity index is 707. The standard InChI is InChI=1S/C48H101N5O/c1-3-5-7-9-11-13-15-17-19-21-23-25-27-29-31-33-38-47(39-44-52-42-35-34-41-51-43-37-40-49)53(48(54)46-50)45-36-32-30-28-26-24-22-20-18-16-14-12-10-8-6-4-2/h47,51-52H,3-46,49-50H2,1-2H3. The number of rotatable bonds is 47. The predicted octanol–water partition coefficient (Wildman–Crippen LogP) is 12.8. The summed E-state index contributed by atoms with van der Waals surface area (Å²) >= 11 is 0. The van der Waals surface area contributed by atoms with Crippen LogP contribution in [0.4, 0.5) is 0 Å². The number of carbonyl (C=O) groups is 1. The minimum absolute atomic E-state index is 0.138. The van der Waals surface area contributed by atoms with E-state index in [4.69, 9.17) is 11.5 Å². The lowest BCUT2D eigenvalue weighted by molar-refractivity contribution is -0.132. The lowest BCUT2D eigenvalue weighted by Crippen LogP contribution is -2.45. The molecule has 0 aromatic rings. The number of hydrogen-bond acceptors (Lipinski definition) is 5. The molecule has 54 heavy (non-hydrogen) atoms. The zero-order valence-electron chi connectivity index (χ0n) is 37.2. The van der Waals surface area contributed by atoms with Crippen molar-refractivity contribution in [2.45, 2.75) is 257 Å². The first kappa shape index (κ1) is 53.3. The van der Waals surface area contributed by atoms with Crippen LogP contribution in [0, 0.1) is 0 Å². The number of nitrogens with one attached hydrogen (secondary N) is 2. The largest absolute Gasteiger partial charge is 0.339 e. The summed E-state index contributed by atoms with van der Waals surface area (Å²) in [6.45, 7) is 10.5. The number of nitrogens with two attached hydrogens (primary N) is 2. The van der Waals surface area contributed by atoms with Crippen LogP contribution in [0.15, 0.2) is 0 Å². The molecule has 0 aliphatic heterocycles. The zero-order chi connectivity index (χ0) is 39.3. The van der Waals surface area contributed by atoms with Gasteiger partial charge in [-0.1, -0.05) is 213 Å². The van der Waals surface area contributed by atoms with Crippen molar-refractivity contribution in [3.8, 4) is 0 Å². The van der Waals surface area contributed by atoms with Crippen LogP contribution in [0.3, 0.4) is 0 Å². The molecule has 0 saturated carbocycles. The number of unbranched alkanes of at least 4 members (excludes halogenated alkanes) is 31. The Balaban J connectivity index is 4.36. The van der Waals surface area contributed by atoms with Crippen LogP contribution in [-0.4, -0.2) is 62.7 Å². The zero-order valence-corrected chi connectivity index (χ0v) is 37.2. The molecular weight excluding hydrogens is 663 g/mol. The van der Waals surface area contributed by atoms with E-state index in [9.17, 15) is 4.79 Å². The van der Waals surface area contributed by atoms with Gasteiger partial charge < -0.3 is 27.0 Å². The van der Waals surface area contributed by atoms with Gasteiger partial charge in [0.15, 0.2) is 0 Å². The molecular formula is C48H101N5O. The lowest BCUT2D eigenvalue weighted by atomic mass is 10.00. The van der Waals surface area contributed by atoms with E-state index in [1.807, 2.05) is 0 Å². The highest BCUT2D eigenvalue weighted by Crippen LogP contribution is 2.19. The van der Waals surface area contributed by atoms with Crippen LogP contribution in [0.25, 0.3) is 0 Å². The molecule has 1 atom stereocenters. The molecule has 1 amide bonds. The Morgan fingerprint density at radius 3 is 1.11 bits per heavy atom. The number of carbonyl (C=O) groups excluding carboxylic acids is 1. The molecule has 0 fully saturated rings. The van der Waals surface area contributed by atoms with Gasteiger partial charge in [0.05, 0.1) is 6.54 Å². The smallest absolute Gasteiger partial charge is 0.236 e. The Kier molecular flexibility index (Phi) is 46.1. The molecule has 6 heteroatoms.